The van der Waals surface area contributed by atoms with Crippen LogP contribution in [-0.2, 0) is 6.42 Å². The molecule has 16 heavy (non-hydrogen) atoms. The molecule has 0 bridgehead atoms. The average Bonchev–Trinajstić information content (AvgIpc) is 2.77. The van der Waals surface area contributed by atoms with Gasteiger partial charge in [0, 0.05) is 17.0 Å². The van der Waals surface area contributed by atoms with Crippen LogP contribution in [0.15, 0.2) is 11.4 Å². The molecule has 3 heteroatoms. The average molecular weight is 234 g/mol. The minimum absolute atomic E-state index is 0.348. The Morgan fingerprint density at radius 3 is 3.31 bits per heavy atom. The highest BCUT2D eigenvalue weighted by atomic mass is 32.1. The molecule has 1 heterocycles. The number of aryl methyl sites for hydroxylation is 1. The molecule has 0 radical (unpaired) electrons. The van der Waals surface area contributed by atoms with Crippen molar-refractivity contribution >= 4 is 11.3 Å². The smallest absolute Gasteiger partial charge is 0.0638 e. The molecular formula is C13H18N2S. The third-order valence-corrected chi connectivity index (χ3v) is 4.32. The molecule has 2 nitrogen and oxygen atoms in total. The van der Waals surface area contributed by atoms with E-state index >= 15 is 0 Å². The van der Waals surface area contributed by atoms with Crippen molar-refractivity contribution in [1.82, 2.24) is 5.32 Å². The van der Waals surface area contributed by atoms with Crippen LogP contribution in [0, 0.1) is 11.3 Å². The molecule has 0 saturated carbocycles. The van der Waals surface area contributed by atoms with Crippen molar-refractivity contribution in [2.24, 2.45) is 0 Å². The number of fused-ring (bicyclic) bond motifs is 1. The molecule has 0 spiro atoms. The number of nitrogens with one attached hydrogen (secondary N) is 1. The van der Waals surface area contributed by atoms with Crippen LogP contribution in [0.2, 0.25) is 0 Å². The normalized spacial score (nSPS) is 21.1. The first kappa shape index (κ1) is 11.6. The topological polar surface area (TPSA) is 35.8 Å². The van der Waals surface area contributed by atoms with Crippen molar-refractivity contribution in [3.8, 4) is 6.07 Å². The fourth-order valence-electron chi connectivity index (χ4n) is 2.38. The standard InChI is InChI=1S/C13H18N2S/c1-2-10(6-8-14)15-12-4-3-5-13-11(12)7-9-16-13/h7,9-10,12,15H,2-6H2,1H3. The number of nitrogens with zero attached hydrogens (tertiary/aromatic N) is 1. The van der Waals surface area contributed by atoms with Gasteiger partial charge >= 0.3 is 0 Å². The maximum atomic E-state index is 8.76. The summed E-state index contributed by atoms with van der Waals surface area (Å²) < 4.78 is 0. The van der Waals surface area contributed by atoms with Crippen LogP contribution in [0.3, 0.4) is 0 Å². The summed E-state index contributed by atoms with van der Waals surface area (Å²) in [6.07, 6.45) is 5.37. The van der Waals surface area contributed by atoms with Crippen molar-refractivity contribution < 1.29 is 0 Å². The Bertz CT molecular complexity index is 378. The van der Waals surface area contributed by atoms with Gasteiger partial charge in [0.15, 0.2) is 0 Å². The summed E-state index contributed by atoms with van der Waals surface area (Å²) >= 11 is 1.87. The van der Waals surface area contributed by atoms with Gasteiger partial charge in [-0.15, -0.1) is 11.3 Å². The SMILES string of the molecule is CCC(CC#N)NC1CCCc2sccc21. The van der Waals surface area contributed by atoms with Crippen LogP contribution >= 0.6 is 11.3 Å². The summed E-state index contributed by atoms with van der Waals surface area (Å²) in [7, 11) is 0. The molecule has 1 aromatic rings. The fraction of sp³-hybridized carbons (Fsp3) is 0.615. The van der Waals surface area contributed by atoms with Gasteiger partial charge in [0.1, 0.15) is 0 Å². The van der Waals surface area contributed by atoms with Gasteiger partial charge in [-0.2, -0.15) is 5.26 Å². The van der Waals surface area contributed by atoms with Crippen LogP contribution in [0.4, 0.5) is 0 Å². The predicted molar refractivity (Wildman–Crippen MR) is 67.4 cm³/mol. The molecule has 0 aromatic carbocycles. The summed E-state index contributed by atoms with van der Waals surface area (Å²) in [5.74, 6) is 0. The Morgan fingerprint density at radius 1 is 1.69 bits per heavy atom. The van der Waals surface area contributed by atoms with Crippen molar-refractivity contribution in [1.29, 1.82) is 5.26 Å². The Hall–Kier alpha value is -0.850. The number of hydrogen-bond donors (Lipinski definition) is 1. The third-order valence-electron chi connectivity index (χ3n) is 3.32. The molecule has 0 amide bonds. The second-order valence-electron chi connectivity index (χ2n) is 4.38. The minimum atomic E-state index is 0.348. The molecule has 2 rings (SSSR count). The Labute approximate surface area is 101 Å². The van der Waals surface area contributed by atoms with E-state index < -0.39 is 0 Å². The lowest BCUT2D eigenvalue weighted by molar-refractivity contribution is 0.391. The summed E-state index contributed by atoms with van der Waals surface area (Å²) in [5, 5.41) is 14.6. The first-order valence-electron chi connectivity index (χ1n) is 6.04. The van der Waals surface area contributed by atoms with Crippen molar-refractivity contribution in [3.05, 3.63) is 21.9 Å². The van der Waals surface area contributed by atoms with Gasteiger partial charge in [-0.1, -0.05) is 6.92 Å². The Balaban J connectivity index is 2.04. The monoisotopic (exact) mass is 234 g/mol. The molecule has 0 aliphatic heterocycles. The van der Waals surface area contributed by atoms with Gasteiger partial charge in [0.05, 0.1) is 12.5 Å². The van der Waals surface area contributed by atoms with E-state index in [1.165, 1.54) is 29.7 Å². The van der Waals surface area contributed by atoms with E-state index in [1.807, 2.05) is 11.3 Å². The number of rotatable bonds is 4. The highest BCUT2D eigenvalue weighted by Crippen LogP contribution is 2.33. The third kappa shape index (κ3) is 2.45. The van der Waals surface area contributed by atoms with E-state index in [-0.39, 0.29) is 0 Å². The lowest BCUT2D eigenvalue weighted by atomic mass is 9.93. The van der Waals surface area contributed by atoms with Crippen LogP contribution in [0.1, 0.15) is 49.1 Å². The van der Waals surface area contributed by atoms with E-state index in [0.29, 0.717) is 18.5 Å². The second kappa shape index (κ2) is 5.47. The zero-order valence-corrected chi connectivity index (χ0v) is 10.5. The summed E-state index contributed by atoms with van der Waals surface area (Å²) in [6.45, 7) is 2.15. The molecule has 86 valence electrons. The zero-order valence-electron chi connectivity index (χ0n) is 9.70. The maximum Gasteiger partial charge on any atom is 0.0638 e. The van der Waals surface area contributed by atoms with Crippen LogP contribution in [0.25, 0.3) is 0 Å². The summed E-state index contributed by atoms with van der Waals surface area (Å²) in [4.78, 5) is 1.54. The molecule has 2 unspecified atom stereocenters. The van der Waals surface area contributed by atoms with Gasteiger partial charge in [-0.3, -0.25) is 0 Å². The zero-order chi connectivity index (χ0) is 11.4. The van der Waals surface area contributed by atoms with Crippen molar-refractivity contribution in [2.75, 3.05) is 0 Å². The minimum Gasteiger partial charge on any atom is -0.306 e. The van der Waals surface area contributed by atoms with Crippen molar-refractivity contribution in [3.63, 3.8) is 0 Å². The van der Waals surface area contributed by atoms with Crippen LogP contribution in [-0.4, -0.2) is 6.04 Å². The van der Waals surface area contributed by atoms with Gasteiger partial charge in [-0.05, 0) is 42.7 Å². The van der Waals surface area contributed by atoms with E-state index in [4.69, 9.17) is 5.26 Å². The predicted octanol–water partition coefficient (Wildman–Crippen LogP) is 3.41. The molecule has 1 aromatic heterocycles. The van der Waals surface area contributed by atoms with Crippen LogP contribution < -0.4 is 5.32 Å². The van der Waals surface area contributed by atoms with Crippen LogP contribution in [0.5, 0.6) is 0 Å². The fourth-order valence-corrected chi connectivity index (χ4v) is 3.36. The number of thiophene rings is 1. The Morgan fingerprint density at radius 2 is 2.56 bits per heavy atom. The first-order valence-corrected chi connectivity index (χ1v) is 6.92. The summed E-state index contributed by atoms with van der Waals surface area (Å²) in [6, 6.07) is 5.34. The lowest BCUT2D eigenvalue weighted by Crippen LogP contribution is -2.33. The number of nitriles is 1. The molecule has 1 aliphatic rings. The largest absolute Gasteiger partial charge is 0.306 e. The highest BCUT2D eigenvalue weighted by molar-refractivity contribution is 7.10. The van der Waals surface area contributed by atoms with Gasteiger partial charge in [-0.25, -0.2) is 0 Å². The molecular weight excluding hydrogens is 216 g/mol. The molecule has 0 fully saturated rings. The van der Waals surface area contributed by atoms with Crippen molar-refractivity contribution in [2.45, 2.75) is 51.1 Å². The van der Waals surface area contributed by atoms with E-state index in [2.05, 4.69) is 29.8 Å². The van der Waals surface area contributed by atoms with Gasteiger partial charge in [0.25, 0.3) is 0 Å². The van der Waals surface area contributed by atoms with E-state index in [0.717, 1.165) is 6.42 Å². The summed E-state index contributed by atoms with van der Waals surface area (Å²) in [5.41, 5.74) is 1.48. The lowest BCUT2D eigenvalue weighted by Gasteiger charge is -2.27. The first-order chi connectivity index (χ1) is 7.85. The molecule has 2 atom stereocenters. The Kier molecular flexibility index (Phi) is 3.98. The van der Waals surface area contributed by atoms with Gasteiger partial charge in [0.2, 0.25) is 0 Å². The van der Waals surface area contributed by atoms with E-state index in [1.54, 1.807) is 0 Å². The second-order valence-corrected chi connectivity index (χ2v) is 5.38. The quantitative estimate of drug-likeness (QED) is 0.866. The molecule has 0 saturated heterocycles. The molecule has 1 aliphatic carbocycles. The highest BCUT2D eigenvalue weighted by Gasteiger charge is 2.22. The van der Waals surface area contributed by atoms with E-state index in [9.17, 15) is 0 Å². The maximum absolute atomic E-state index is 8.76. The molecule has 1 N–H and O–H groups in total. The number of hydrogen-bond acceptors (Lipinski definition) is 3. The van der Waals surface area contributed by atoms with Gasteiger partial charge < -0.3 is 5.32 Å².